The van der Waals surface area contributed by atoms with Crippen LogP contribution in [0.5, 0.6) is 5.88 Å². The molecule has 0 saturated carbocycles. The molecule has 0 saturated heterocycles. The van der Waals surface area contributed by atoms with Gasteiger partial charge in [0, 0.05) is 24.1 Å². The quantitative estimate of drug-likeness (QED) is 0.800. The van der Waals surface area contributed by atoms with Crippen LogP contribution >= 0.6 is 0 Å². The van der Waals surface area contributed by atoms with Crippen molar-refractivity contribution in [3.63, 3.8) is 0 Å². The number of hydrogen-bond donors (Lipinski definition) is 1. The van der Waals surface area contributed by atoms with Crippen molar-refractivity contribution >= 4 is 11.0 Å². The van der Waals surface area contributed by atoms with Gasteiger partial charge in [-0.1, -0.05) is 6.07 Å². The molecule has 21 heavy (non-hydrogen) atoms. The van der Waals surface area contributed by atoms with Crippen LogP contribution in [0, 0.1) is 5.82 Å². The van der Waals surface area contributed by atoms with Crippen LogP contribution in [0.1, 0.15) is 17.4 Å². The van der Waals surface area contributed by atoms with Gasteiger partial charge in [0.15, 0.2) is 0 Å². The number of nitrogens with zero attached hydrogens (tertiary/aromatic N) is 1. The number of aliphatic hydroxyl groups excluding tert-OH is 1. The molecule has 0 amide bonds. The van der Waals surface area contributed by atoms with Crippen LogP contribution in [0.4, 0.5) is 4.39 Å². The molecule has 4 nitrogen and oxygen atoms in total. The van der Waals surface area contributed by atoms with Crippen molar-refractivity contribution < 1.29 is 18.7 Å². The molecule has 0 spiro atoms. The minimum absolute atomic E-state index is 0.330. The van der Waals surface area contributed by atoms with Crippen molar-refractivity contribution in [2.45, 2.75) is 12.5 Å². The maximum atomic E-state index is 13.1. The molecule has 0 bridgehead atoms. The summed E-state index contributed by atoms with van der Waals surface area (Å²) in [7, 11) is 1.55. The predicted octanol–water partition coefficient (Wildman–Crippen LogP) is 3.25. The Morgan fingerprint density at radius 3 is 2.86 bits per heavy atom. The van der Waals surface area contributed by atoms with Gasteiger partial charge < -0.3 is 14.3 Å². The number of benzene rings is 1. The van der Waals surface area contributed by atoms with Gasteiger partial charge in [0.05, 0.1) is 7.11 Å². The van der Waals surface area contributed by atoms with Crippen LogP contribution in [0.3, 0.4) is 0 Å². The number of ether oxygens (including phenoxy) is 1. The Kier molecular flexibility index (Phi) is 3.58. The Hall–Kier alpha value is -2.40. The normalized spacial score (nSPS) is 12.5. The number of pyridine rings is 1. The Morgan fingerprint density at radius 2 is 2.14 bits per heavy atom. The highest BCUT2D eigenvalue weighted by Crippen LogP contribution is 2.26. The minimum atomic E-state index is -0.810. The lowest BCUT2D eigenvalue weighted by molar-refractivity contribution is 0.152. The smallest absolute Gasteiger partial charge is 0.212 e. The highest BCUT2D eigenvalue weighted by molar-refractivity contribution is 5.77. The number of halogens is 1. The third-order valence-corrected chi connectivity index (χ3v) is 3.26. The largest absolute Gasteiger partial charge is 0.481 e. The average molecular weight is 287 g/mol. The first-order chi connectivity index (χ1) is 10.2. The lowest BCUT2D eigenvalue weighted by Gasteiger charge is -2.07. The second-order valence-electron chi connectivity index (χ2n) is 4.76. The van der Waals surface area contributed by atoms with E-state index in [-0.39, 0.29) is 5.82 Å². The fourth-order valence-corrected chi connectivity index (χ4v) is 2.18. The maximum absolute atomic E-state index is 13.1. The first kappa shape index (κ1) is 13.6. The van der Waals surface area contributed by atoms with Gasteiger partial charge in [0.1, 0.15) is 23.3 Å². The van der Waals surface area contributed by atoms with E-state index in [1.165, 1.54) is 12.1 Å². The number of fused-ring (bicyclic) bond motifs is 1. The van der Waals surface area contributed by atoms with E-state index in [9.17, 15) is 9.50 Å². The monoisotopic (exact) mass is 287 g/mol. The van der Waals surface area contributed by atoms with Gasteiger partial charge in [-0.05, 0) is 29.8 Å². The Labute approximate surface area is 120 Å². The van der Waals surface area contributed by atoms with Crippen LogP contribution in [0.15, 0.2) is 47.0 Å². The van der Waals surface area contributed by atoms with Crippen LogP contribution < -0.4 is 4.74 Å². The topological polar surface area (TPSA) is 55.5 Å². The van der Waals surface area contributed by atoms with E-state index in [0.717, 1.165) is 5.56 Å². The van der Waals surface area contributed by atoms with Crippen LogP contribution in [0.25, 0.3) is 11.0 Å². The molecule has 5 heteroatoms. The summed E-state index contributed by atoms with van der Waals surface area (Å²) >= 11 is 0. The molecule has 2 heterocycles. The number of hydrogen-bond acceptors (Lipinski definition) is 4. The zero-order valence-electron chi connectivity index (χ0n) is 11.4. The number of aliphatic hydroxyl groups is 1. The van der Waals surface area contributed by atoms with Gasteiger partial charge in [-0.3, -0.25) is 0 Å². The number of furan rings is 1. The molecule has 0 aliphatic carbocycles. The Bertz CT molecular complexity index is 752. The van der Waals surface area contributed by atoms with Crippen molar-refractivity contribution in [1.29, 1.82) is 0 Å². The van der Waals surface area contributed by atoms with E-state index in [0.29, 0.717) is 29.0 Å². The molecule has 0 aliphatic heterocycles. The van der Waals surface area contributed by atoms with Crippen molar-refractivity contribution in [1.82, 2.24) is 4.98 Å². The molecular formula is C16H14FNO3. The SMILES string of the molecule is COc1ccc(CC(O)c2cc3cc(F)ccc3o2)cn1. The fraction of sp³-hybridized carbons (Fsp3) is 0.188. The van der Waals surface area contributed by atoms with Gasteiger partial charge in [-0.15, -0.1) is 0 Å². The molecule has 1 N–H and O–H groups in total. The molecule has 1 atom stereocenters. The summed E-state index contributed by atoms with van der Waals surface area (Å²) in [4.78, 5) is 4.08. The standard InChI is InChI=1S/C16H14FNO3/c1-20-16-5-2-10(9-18-16)6-13(19)15-8-11-7-12(17)3-4-14(11)21-15/h2-5,7-9,13,19H,6H2,1H3. The number of methoxy groups -OCH3 is 1. The second-order valence-corrected chi connectivity index (χ2v) is 4.76. The lowest BCUT2D eigenvalue weighted by atomic mass is 10.1. The van der Waals surface area contributed by atoms with Gasteiger partial charge in [-0.2, -0.15) is 0 Å². The summed E-state index contributed by atoms with van der Waals surface area (Å²) in [6.07, 6.45) is 1.19. The molecule has 0 fully saturated rings. The van der Waals surface area contributed by atoms with Crippen LogP contribution in [0.2, 0.25) is 0 Å². The van der Waals surface area contributed by atoms with Gasteiger partial charge in [0.2, 0.25) is 5.88 Å². The first-order valence-electron chi connectivity index (χ1n) is 6.51. The van der Waals surface area contributed by atoms with E-state index in [4.69, 9.17) is 9.15 Å². The summed E-state index contributed by atoms with van der Waals surface area (Å²) in [5.41, 5.74) is 1.41. The van der Waals surface area contributed by atoms with E-state index in [1.807, 2.05) is 6.07 Å². The van der Waals surface area contributed by atoms with Crippen LogP contribution in [-0.2, 0) is 6.42 Å². The van der Waals surface area contributed by atoms with Crippen molar-refractivity contribution in [2.75, 3.05) is 7.11 Å². The van der Waals surface area contributed by atoms with Gasteiger partial charge in [-0.25, -0.2) is 9.37 Å². The van der Waals surface area contributed by atoms with E-state index >= 15 is 0 Å². The third kappa shape index (κ3) is 2.87. The molecule has 3 aromatic rings. The number of rotatable bonds is 4. The summed E-state index contributed by atoms with van der Waals surface area (Å²) < 4.78 is 23.7. The molecule has 0 radical (unpaired) electrons. The highest BCUT2D eigenvalue weighted by Gasteiger charge is 2.14. The van der Waals surface area contributed by atoms with E-state index in [2.05, 4.69) is 4.98 Å². The van der Waals surface area contributed by atoms with Crippen molar-refractivity contribution in [2.24, 2.45) is 0 Å². The van der Waals surface area contributed by atoms with Gasteiger partial charge in [0.25, 0.3) is 0 Å². The third-order valence-electron chi connectivity index (χ3n) is 3.26. The van der Waals surface area contributed by atoms with Crippen molar-refractivity contribution in [3.8, 4) is 5.88 Å². The molecule has 1 unspecified atom stereocenters. The molecule has 1 aromatic carbocycles. The summed E-state index contributed by atoms with van der Waals surface area (Å²) in [5, 5.41) is 10.9. The maximum Gasteiger partial charge on any atom is 0.212 e. The van der Waals surface area contributed by atoms with Gasteiger partial charge >= 0.3 is 0 Å². The minimum Gasteiger partial charge on any atom is -0.481 e. The summed E-state index contributed by atoms with van der Waals surface area (Å²) in [5.74, 6) is 0.600. The number of aromatic nitrogens is 1. The fourth-order valence-electron chi connectivity index (χ4n) is 2.18. The summed E-state index contributed by atoms with van der Waals surface area (Å²) in [6.45, 7) is 0. The van der Waals surface area contributed by atoms with Crippen molar-refractivity contribution in [3.05, 3.63) is 59.7 Å². The van der Waals surface area contributed by atoms with E-state index in [1.54, 1.807) is 31.5 Å². The van der Waals surface area contributed by atoms with E-state index < -0.39 is 6.10 Å². The molecule has 3 rings (SSSR count). The second kappa shape index (κ2) is 5.54. The molecule has 2 aromatic heterocycles. The summed E-state index contributed by atoms with van der Waals surface area (Å²) in [6, 6.07) is 9.47. The predicted molar refractivity (Wildman–Crippen MR) is 75.6 cm³/mol. The van der Waals surface area contributed by atoms with Crippen LogP contribution in [-0.4, -0.2) is 17.2 Å². The lowest BCUT2D eigenvalue weighted by Crippen LogP contribution is -2.01. The zero-order valence-corrected chi connectivity index (χ0v) is 11.4. The zero-order chi connectivity index (χ0) is 14.8. The molecule has 0 aliphatic rings. The Morgan fingerprint density at radius 1 is 1.29 bits per heavy atom. The Balaban J connectivity index is 1.80. The molecular weight excluding hydrogens is 273 g/mol. The average Bonchev–Trinajstić information content (AvgIpc) is 2.91. The molecule has 108 valence electrons. The highest BCUT2D eigenvalue weighted by atomic mass is 19.1. The first-order valence-corrected chi connectivity index (χ1v) is 6.51.